The van der Waals surface area contributed by atoms with Gasteiger partial charge in [0.2, 0.25) is 0 Å². The molecule has 2 aromatic carbocycles. The Labute approximate surface area is 239 Å². The summed E-state index contributed by atoms with van der Waals surface area (Å²) in [6, 6.07) is 11.8. The Kier molecular flexibility index (Phi) is 9.75. The fourth-order valence-electron chi connectivity index (χ4n) is 5.36. The van der Waals surface area contributed by atoms with Gasteiger partial charge in [0.25, 0.3) is 0 Å². The van der Waals surface area contributed by atoms with Crippen LogP contribution in [0.1, 0.15) is 29.5 Å². The molecule has 3 atom stereocenters. The Bertz CT molecular complexity index is 1380. The van der Waals surface area contributed by atoms with Crippen molar-refractivity contribution in [2.75, 3.05) is 20.8 Å². The van der Waals surface area contributed by atoms with Crippen molar-refractivity contribution in [3.05, 3.63) is 89.7 Å². The summed E-state index contributed by atoms with van der Waals surface area (Å²) >= 11 is 0. The van der Waals surface area contributed by atoms with E-state index in [-0.39, 0.29) is 48.2 Å². The Morgan fingerprint density at radius 3 is 2.22 bits per heavy atom. The van der Waals surface area contributed by atoms with Crippen LogP contribution in [0.25, 0.3) is 0 Å². The van der Waals surface area contributed by atoms with E-state index in [2.05, 4.69) is 9.98 Å². The van der Waals surface area contributed by atoms with Crippen LogP contribution in [-0.4, -0.2) is 64.3 Å². The molecule has 4 rings (SSSR count). The number of nitrogens with one attached hydrogen (secondary N) is 1. The van der Waals surface area contributed by atoms with Gasteiger partial charge in [0.1, 0.15) is 17.9 Å². The molecule has 0 saturated heterocycles. The minimum absolute atomic E-state index is 0.0220. The Hall–Kier alpha value is -4.21. The number of methoxy groups -OCH3 is 2. The summed E-state index contributed by atoms with van der Waals surface area (Å²) in [7, 11) is 2.92. The molecule has 0 bridgehead atoms. The molecule has 0 aliphatic carbocycles. The van der Waals surface area contributed by atoms with E-state index in [9.17, 15) is 25.2 Å². The topological polar surface area (TPSA) is 145 Å². The highest BCUT2D eigenvalue weighted by Gasteiger charge is 2.42. The SMILES string of the molecule is COc1cc(CC(Cc2cc[nH]c2)C(O)CC(=O)C(CO)(CC2=C[CH+]N=C2)Cc2ccc(O)c(OC)c2)ccc1O. The summed E-state index contributed by atoms with van der Waals surface area (Å²) < 4.78 is 10.5. The highest BCUT2D eigenvalue weighted by atomic mass is 16.5. The van der Waals surface area contributed by atoms with Crippen LogP contribution in [-0.2, 0) is 24.1 Å². The lowest BCUT2D eigenvalue weighted by atomic mass is 9.71. The molecule has 5 N–H and O–H groups in total. The lowest BCUT2D eigenvalue weighted by molar-refractivity contribution is -0.133. The molecule has 1 aromatic heterocycles. The van der Waals surface area contributed by atoms with Crippen LogP contribution in [0.3, 0.4) is 0 Å². The number of rotatable bonds is 15. The number of hydrogen-bond donors (Lipinski definition) is 5. The van der Waals surface area contributed by atoms with Gasteiger partial charge < -0.3 is 34.9 Å². The van der Waals surface area contributed by atoms with E-state index < -0.39 is 18.1 Å². The summed E-state index contributed by atoms with van der Waals surface area (Å²) in [6.07, 6.45) is 7.30. The van der Waals surface area contributed by atoms with Crippen LogP contribution in [0.2, 0.25) is 0 Å². The van der Waals surface area contributed by atoms with Gasteiger partial charge in [-0.2, -0.15) is 0 Å². The summed E-state index contributed by atoms with van der Waals surface area (Å²) in [5.74, 6) is -0.00743. The van der Waals surface area contributed by atoms with Crippen molar-refractivity contribution in [1.82, 2.24) is 4.98 Å². The Balaban J connectivity index is 1.61. The molecule has 0 amide bonds. The summed E-state index contributed by atoms with van der Waals surface area (Å²) in [4.78, 5) is 21.2. The van der Waals surface area contributed by atoms with E-state index in [1.54, 1.807) is 49.2 Å². The molecular weight excluding hydrogens is 524 g/mol. The third-order valence-electron chi connectivity index (χ3n) is 7.68. The number of aliphatic imine (C=N–C) groups is 1. The average molecular weight is 562 g/mol. The van der Waals surface area contributed by atoms with Crippen molar-refractivity contribution in [2.45, 2.75) is 38.2 Å². The number of ketones is 1. The van der Waals surface area contributed by atoms with Crippen molar-refractivity contribution < 1.29 is 34.7 Å². The molecule has 3 unspecified atom stereocenters. The number of H-pyrrole nitrogens is 1. The third-order valence-corrected chi connectivity index (χ3v) is 7.68. The van der Waals surface area contributed by atoms with Crippen molar-refractivity contribution in [3.63, 3.8) is 0 Å². The number of ether oxygens (including phenoxy) is 2. The average Bonchev–Trinajstić information content (AvgIpc) is 3.68. The largest absolute Gasteiger partial charge is 0.504 e. The molecular formula is C32H37N2O7+. The van der Waals surface area contributed by atoms with Crippen molar-refractivity contribution in [1.29, 1.82) is 0 Å². The molecule has 3 aromatic rings. The van der Waals surface area contributed by atoms with E-state index in [0.29, 0.717) is 24.2 Å². The zero-order chi connectivity index (χ0) is 29.4. The number of allylic oxidation sites excluding steroid dienone is 1. The Morgan fingerprint density at radius 2 is 1.63 bits per heavy atom. The quantitative estimate of drug-likeness (QED) is 0.177. The van der Waals surface area contributed by atoms with Crippen LogP contribution in [0, 0.1) is 17.9 Å². The maximum atomic E-state index is 14.1. The van der Waals surface area contributed by atoms with Gasteiger partial charge in [0, 0.05) is 25.2 Å². The fourth-order valence-corrected chi connectivity index (χ4v) is 5.36. The van der Waals surface area contributed by atoms with E-state index in [4.69, 9.17) is 9.47 Å². The zero-order valence-corrected chi connectivity index (χ0v) is 23.3. The van der Waals surface area contributed by atoms with Gasteiger partial charge in [-0.1, -0.05) is 12.1 Å². The van der Waals surface area contributed by atoms with E-state index in [0.717, 1.165) is 16.7 Å². The van der Waals surface area contributed by atoms with Gasteiger partial charge in [0.15, 0.2) is 29.2 Å². The number of aromatic hydroxyl groups is 2. The van der Waals surface area contributed by atoms with Crippen LogP contribution < -0.4 is 9.47 Å². The number of aromatic amines is 1. The summed E-state index contributed by atoms with van der Waals surface area (Å²) in [6.45, 7) is 1.20. The lowest BCUT2D eigenvalue weighted by Gasteiger charge is -2.32. The first kappa shape index (κ1) is 29.8. The summed E-state index contributed by atoms with van der Waals surface area (Å²) in [5.41, 5.74) is 2.10. The van der Waals surface area contributed by atoms with E-state index in [1.165, 1.54) is 20.3 Å². The Morgan fingerprint density at radius 1 is 0.976 bits per heavy atom. The lowest BCUT2D eigenvalue weighted by Crippen LogP contribution is -2.41. The van der Waals surface area contributed by atoms with Crippen molar-refractivity contribution >= 4 is 12.0 Å². The van der Waals surface area contributed by atoms with Crippen molar-refractivity contribution in [3.8, 4) is 23.0 Å². The van der Waals surface area contributed by atoms with Gasteiger partial charge >= 0.3 is 0 Å². The third kappa shape index (κ3) is 7.31. The summed E-state index contributed by atoms with van der Waals surface area (Å²) in [5, 5.41) is 42.3. The molecule has 216 valence electrons. The maximum absolute atomic E-state index is 14.1. The monoisotopic (exact) mass is 561 g/mol. The molecule has 9 nitrogen and oxygen atoms in total. The number of aliphatic hydroxyl groups excluding tert-OH is 2. The first-order valence-electron chi connectivity index (χ1n) is 13.5. The number of nitrogens with zero attached hydrogens (tertiary/aromatic N) is 1. The van der Waals surface area contributed by atoms with Crippen LogP contribution in [0.15, 0.2) is 71.5 Å². The number of carbonyl (C=O) groups excluding carboxylic acids is 1. The number of hydrogen-bond acceptors (Lipinski definition) is 8. The smallest absolute Gasteiger partial charge is 0.176 e. The second kappa shape index (κ2) is 13.4. The predicted molar refractivity (Wildman–Crippen MR) is 155 cm³/mol. The molecule has 1 aliphatic rings. The first-order valence-corrected chi connectivity index (χ1v) is 13.5. The van der Waals surface area contributed by atoms with Crippen LogP contribution in [0.5, 0.6) is 23.0 Å². The maximum Gasteiger partial charge on any atom is 0.176 e. The van der Waals surface area contributed by atoms with Gasteiger partial charge in [-0.3, -0.25) is 4.79 Å². The van der Waals surface area contributed by atoms with Gasteiger partial charge in [-0.05, 0) is 72.2 Å². The van der Waals surface area contributed by atoms with Crippen LogP contribution >= 0.6 is 0 Å². The number of aliphatic hydroxyl groups is 2. The molecule has 0 fully saturated rings. The number of phenols is 2. The number of phenolic OH excluding ortho intramolecular Hbond substituents is 2. The van der Waals surface area contributed by atoms with Crippen molar-refractivity contribution in [2.24, 2.45) is 16.3 Å². The van der Waals surface area contributed by atoms with E-state index in [1.807, 2.05) is 18.5 Å². The van der Waals surface area contributed by atoms with Gasteiger partial charge in [0.05, 0.1) is 38.4 Å². The van der Waals surface area contributed by atoms with Gasteiger partial charge in [-0.25, -0.2) is 0 Å². The fraction of sp³-hybridized carbons (Fsp3) is 0.344. The molecule has 0 saturated carbocycles. The first-order chi connectivity index (χ1) is 19.8. The molecule has 41 heavy (non-hydrogen) atoms. The number of Topliss-reactive ketones (excluding diaryl/α,β-unsaturated/α-hetero) is 1. The van der Waals surface area contributed by atoms with E-state index >= 15 is 0 Å². The molecule has 1 aliphatic heterocycles. The predicted octanol–water partition coefficient (Wildman–Crippen LogP) is 3.95. The molecule has 0 radical (unpaired) electrons. The normalized spacial score (nSPS) is 15.5. The minimum atomic E-state index is -1.24. The van der Waals surface area contributed by atoms with Gasteiger partial charge in [-0.15, -0.1) is 4.99 Å². The highest BCUT2D eigenvalue weighted by molar-refractivity contribution is 5.89. The second-order valence-corrected chi connectivity index (χ2v) is 10.6. The minimum Gasteiger partial charge on any atom is -0.504 e. The number of aromatic nitrogens is 1. The molecule has 9 heteroatoms. The second-order valence-electron chi connectivity index (χ2n) is 10.6. The molecule has 2 heterocycles. The zero-order valence-electron chi connectivity index (χ0n) is 23.3. The van der Waals surface area contributed by atoms with Crippen LogP contribution in [0.4, 0.5) is 0 Å². The standard InChI is InChI=1S/C32H36N2O7/c1-40-29-13-21(3-5-26(29)36)11-25(12-23-7-9-33-18-23)28(38)15-31(39)32(20-35,17-24-8-10-34-19-24)16-22-4-6-27(37)30(14-22)41-2/h3-10,13-14,18-19,25,28,33,35,38H,11-12,15-17,20H2,1-2H3,(H-,36,37)/p+1. The highest BCUT2D eigenvalue weighted by Crippen LogP contribution is 2.37. The molecule has 0 spiro atoms. The number of benzene rings is 2. The number of carbonyl (C=O) groups is 1.